The fourth-order valence-electron chi connectivity index (χ4n) is 3.85. The maximum atomic E-state index is 9.98. The zero-order chi connectivity index (χ0) is 17.8. The van der Waals surface area contributed by atoms with Crippen LogP contribution in [0, 0.1) is 11.3 Å². The number of rotatable bonds is 7. The Morgan fingerprint density at radius 3 is 2.62 bits per heavy atom. The van der Waals surface area contributed by atoms with Crippen molar-refractivity contribution in [1.29, 1.82) is 0 Å². The molecule has 0 saturated heterocycles. The number of aliphatic hydroxyl groups is 1. The van der Waals surface area contributed by atoms with Gasteiger partial charge in [0.25, 0.3) is 0 Å². The number of aryl methyl sites for hydroxylation is 1. The van der Waals surface area contributed by atoms with Crippen LogP contribution >= 0.6 is 34.5 Å². The number of alkyl halides is 2. The van der Waals surface area contributed by atoms with Gasteiger partial charge in [-0.2, -0.15) is 5.38 Å². The van der Waals surface area contributed by atoms with Gasteiger partial charge in [-0.05, 0) is 36.3 Å². The summed E-state index contributed by atoms with van der Waals surface area (Å²) in [5, 5.41) is 14.4. The first-order valence-electron chi connectivity index (χ1n) is 8.97. The molecule has 0 spiro atoms. The topological polar surface area (TPSA) is 33.1 Å². The summed E-state index contributed by atoms with van der Waals surface area (Å²) in [7, 11) is 0. The van der Waals surface area contributed by atoms with Gasteiger partial charge in [0.2, 0.25) is 0 Å². The minimum atomic E-state index is -0.393. The van der Waals surface area contributed by atoms with Crippen LogP contribution in [0.5, 0.6) is 0 Å². The van der Waals surface area contributed by atoms with Crippen LogP contribution < -0.4 is 0 Å². The average molecular weight is 486 g/mol. The molecule has 0 amide bonds. The number of thiazole rings is 1. The van der Waals surface area contributed by atoms with E-state index in [1.807, 2.05) is 19.1 Å². The van der Waals surface area contributed by atoms with E-state index in [0.29, 0.717) is 5.92 Å². The van der Waals surface area contributed by atoms with E-state index in [0.717, 1.165) is 42.7 Å². The van der Waals surface area contributed by atoms with E-state index in [-0.39, 0.29) is 49.4 Å². The normalized spacial score (nSPS) is 26.5. The third-order valence-electron chi connectivity index (χ3n) is 5.22. The predicted octanol–water partition coefficient (Wildman–Crippen LogP) is 5.73. The fourth-order valence-corrected chi connectivity index (χ4v) is 5.53. The predicted molar refractivity (Wildman–Crippen MR) is 106 cm³/mol. The molecule has 1 heterocycles. The summed E-state index contributed by atoms with van der Waals surface area (Å²) in [4.78, 5) is 4.31. The minimum Gasteiger partial charge on any atom is -0.388 e. The Balaban J connectivity index is 0.00000243. The molecular formula is C20H24Cl2NOSY-. The summed E-state index contributed by atoms with van der Waals surface area (Å²) in [6, 6.07) is 8.28. The molecule has 1 radical (unpaired) electrons. The SMILES string of the molecule is CCC(O)c1ccc(C2C(Cl)CC(Cl)C2CCCc2nc[c-]s2)cc1.[Y]. The number of halogens is 2. The van der Waals surface area contributed by atoms with E-state index in [9.17, 15) is 5.11 Å². The van der Waals surface area contributed by atoms with Gasteiger partial charge < -0.3 is 21.4 Å². The number of hydrogen-bond donors (Lipinski definition) is 1. The molecule has 6 heteroatoms. The minimum absolute atomic E-state index is 0. The first-order chi connectivity index (χ1) is 12.1. The largest absolute Gasteiger partial charge is 0.388 e. The second-order valence-corrected chi connectivity index (χ2v) is 8.84. The van der Waals surface area contributed by atoms with Crippen LogP contribution in [0.15, 0.2) is 30.5 Å². The summed E-state index contributed by atoms with van der Waals surface area (Å²) >= 11 is 14.9. The Kier molecular flexibility index (Phi) is 9.53. The van der Waals surface area contributed by atoms with Gasteiger partial charge in [-0.15, -0.1) is 23.2 Å². The fraction of sp³-hybridized carbons (Fsp3) is 0.550. The zero-order valence-electron chi connectivity index (χ0n) is 14.9. The number of hydrogen-bond acceptors (Lipinski definition) is 3. The number of benzene rings is 1. The van der Waals surface area contributed by atoms with E-state index >= 15 is 0 Å². The van der Waals surface area contributed by atoms with Crippen LogP contribution in [-0.4, -0.2) is 20.8 Å². The summed E-state index contributed by atoms with van der Waals surface area (Å²) in [6.07, 6.45) is 6.03. The molecule has 1 fully saturated rings. The molecule has 2 aromatic rings. The van der Waals surface area contributed by atoms with Crippen molar-refractivity contribution in [2.45, 2.75) is 61.8 Å². The van der Waals surface area contributed by atoms with Crippen LogP contribution in [-0.2, 0) is 39.1 Å². The van der Waals surface area contributed by atoms with Crippen molar-refractivity contribution < 1.29 is 37.8 Å². The third kappa shape index (κ3) is 5.52. The van der Waals surface area contributed by atoms with Gasteiger partial charge >= 0.3 is 0 Å². The molecule has 1 N–H and O–H groups in total. The van der Waals surface area contributed by atoms with Crippen molar-refractivity contribution in [3.05, 3.63) is 52.0 Å². The average Bonchev–Trinajstić information content (AvgIpc) is 3.23. The van der Waals surface area contributed by atoms with Gasteiger partial charge in [-0.1, -0.05) is 55.2 Å². The molecule has 1 aliphatic rings. The van der Waals surface area contributed by atoms with Crippen molar-refractivity contribution in [1.82, 2.24) is 4.98 Å². The Hall–Kier alpha value is 0.494. The molecule has 0 aliphatic heterocycles. The molecule has 1 aromatic heterocycles. The molecule has 1 saturated carbocycles. The Bertz CT molecular complexity index is 652. The standard InChI is InChI=1S/C20H24Cl2NOS.Y/c1-2-18(24)13-6-8-14(9-7-13)20-15(16(21)12-17(20)22)4-3-5-19-23-10-11-25-19;/h6-10,15-18,20,24H,2-5,12H2,1H3;/q-1;. The van der Waals surface area contributed by atoms with Crippen LogP contribution in [0.1, 0.15) is 60.8 Å². The van der Waals surface area contributed by atoms with Gasteiger partial charge in [-0.3, -0.25) is 0 Å². The van der Waals surface area contributed by atoms with E-state index < -0.39 is 6.10 Å². The van der Waals surface area contributed by atoms with Gasteiger partial charge in [0, 0.05) is 49.4 Å². The molecule has 139 valence electrons. The Morgan fingerprint density at radius 2 is 2.00 bits per heavy atom. The molecule has 5 atom stereocenters. The first-order valence-corrected chi connectivity index (χ1v) is 10.7. The summed E-state index contributed by atoms with van der Waals surface area (Å²) in [5.74, 6) is 0.662. The maximum absolute atomic E-state index is 9.98. The monoisotopic (exact) mass is 485 g/mol. The van der Waals surface area contributed by atoms with Crippen LogP contribution in [0.4, 0.5) is 0 Å². The molecule has 5 unspecified atom stereocenters. The second-order valence-electron chi connectivity index (χ2n) is 6.81. The Labute approximate surface area is 195 Å². The third-order valence-corrected chi connectivity index (χ3v) is 6.94. The zero-order valence-corrected chi connectivity index (χ0v) is 20.1. The summed E-state index contributed by atoms with van der Waals surface area (Å²) < 4.78 is 0. The first kappa shape index (κ1) is 22.8. The molecule has 1 aliphatic carbocycles. The van der Waals surface area contributed by atoms with Crippen molar-refractivity contribution in [2.75, 3.05) is 0 Å². The van der Waals surface area contributed by atoms with Crippen LogP contribution in [0.2, 0.25) is 0 Å². The number of aromatic nitrogens is 1. The maximum Gasteiger partial charge on any atom is 0.0787 e. The van der Waals surface area contributed by atoms with E-state index in [1.54, 1.807) is 17.5 Å². The van der Waals surface area contributed by atoms with E-state index in [4.69, 9.17) is 23.2 Å². The van der Waals surface area contributed by atoms with Crippen molar-refractivity contribution in [2.24, 2.45) is 5.92 Å². The Morgan fingerprint density at radius 1 is 1.27 bits per heavy atom. The van der Waals surface area contributed by atoms with Crippen molar-refractivity contribution in [3.63, 3.8) is 0 Å². The van der Waals surface area contributed by atoms with Gasteiger partial charge in [-0.25, -0.2) is 0 Å². The van der Waals surface area contributed by atoms with Crippen LogP contribution in [0.25, 0.3) is 0 Å². The van der Waals surface area contributed by atoms with Gasteiger partial charge in [0.15, 0.2) is 0 Å². The number of aliphatic hydroxyl groups excluding tert-OH is 1. The molecule has 3 rings (SSSR count). The smallest absolute Gasteiger partial charge is 0.0787 e. The molecule has 1 aromatic carbocycles. The van der Waals surface area contributed by atoms with E-state index in [1.165, 1.54) is 5.56 Å². The second kappa shape index (κ2) is 10.9. The quantitative estimate of drug-likeness (QED) is 0.401. The van der Waals surface area contributed by atoms with Crippen LogP contribution in [0.3, 0.4) is 0 Å². The number of nitrogens with zero attached hydrogens (tertiary/aromatic N) is 1. The van der Waals surface area contributed by atoms with Gasteiger partial charge in [0.05, 0.1) is 6.10 Å². The summed E-state index contributed by atoms with van der Waals surface area (Å²) in [5.41, 5.74) is 2.21. The summed E-state index contributed by atoms with van der Waals surface area (Å²) in [6.45, 7) is 1.98. The van der Waals surface area contributed by atoms with Gasteiger partial charge in [0.1, 0.15) is 0 Å². The molecule has 0 bridgehead atoms. The molecule has 2 nitrogen and oxygen atoms in total. The molecular weight excluding hydrogens is 462 g/mol. The van der Waals surface area contributed by atoms with Crippen molar-refractivity contribution in [3.8, 4) is 0 Å². The van der Waals surface area contributed by atoms with Crippen molar-refractivity contribution >= 4 is 34.5 Å². The molecule has 26 heavy (non-hydrogen) atoms. The van der Waals surface area contributed by atoms with E-state index in [2.05, 4.69) is 22.5 Å².